The minimum atomic E-state index is -5.01. The van der Waals surface area contributed by atoms with Crippen LogP contribution in [0.1, 0.15) is 65.6 Å². The van der Waals surface area contributed by atoms with E-state index in [0.717, 1.165) is 24.0 Å². The summed E-state index contributed by atoms with van der Waals surface area (Å²) >= 11 is 0. The van der Waals surface area contributed by atoms with Crippen molar-refractivity contribution in [3.05, 3.63) is 63.7 Å². The molecule has 1 aliphatic carbocycles. The third-order valence-corrected chi connectivity index (χ3v) is 6.78. The number of carbonyl (C=O) groups excluding carboxylic acids is 1. The lowest BCUT2D eigenvalue weighted by molar-refractivity contribution is -0.143. The second-order valence-corrected chi connectivity index (χ2v) is 9.15. The number of hydrogen-bond acceptors (Lipinski definition) is 2. The van der Waals surface area contributed by atoms with Crippen LogP contribution >= 0.6 is 0 Å². The van der Waals surface area contributed by atoms with E-state index in [1.54, 1.807) is 6.07 Å². The molecule has 0 aromatic heterocycles. The Kier molecular flexibility index (Phi) is 6.70. The minimum Gasteiger partial charge on any atom is -0.465 e. The van der Waals surface area contributed by atoms with Gasteiger partial charge in [0.05, 0.1) is 22.9 Å². The molecule has 0 radical (unpaired) electrons. The lowest BCUT2D eigenvalue weighted by atomic mass is 9.94. The number of benzene rings is 2. The van der Waals surface area contributed by atoms with Crippen LogP contribution in [0.2, 0.25) is 0 Å². The van der Waals surface area contributed by atoms with Crippen LogP contribution in [0.3, 0.4) is 0 Å². The highest BCUT2D eigenvalue weighted by Crippen LogP contribution is 2.44. The van der Waals surface area contributed by atoms with E-state index in [4.69, 9.17) is 0 Å². The van der Waals surface area contributed by atoms with Gasteiger partial charge < -0.3 is 10.0 Å². The van der Waals surface area contributed by atoms with E-state index in [1.165, 1.54) is 16.7 Å². The molecule has 2 amide bonds. The topological polar surface area (TPSA) is 60.9 Å². The first-order chi connectivity index (χ1) is 16.8. The molecular formula is C25H24F6N2O3. The maximum absolute atomic E-state index is 13.4. The summed E-state index contributed by atoms with van der Waals surface area (Å²) in [4.78, 5) is 27.3. The monoisotopic (exact) mass is 514 g/mol. The Morgan fingerprint density at radius 3 is 2.19 bits per heavy atom. The van der Waals surface area contributed by atoms with Gasteiger partial charge >= 0.3 is 18.4 Å². The van der Waals surface area contributed by atoms with Crippen molar-refractivity contribution < 1.29 is 41.0 Å². The maximum Gasteiger partial charge on any atom is 0.416 e. The fraction of sp³-hybridized carbons (Fsp3) is 0.440. The molecule has 4 rings (SSSR count). The summed E-state index contributed by atoms with van der Waals surface area (Å²) in [6, 6.07) is 4.18. The van der Waals surface area contributed by atoms with Crippen molar-refractivity contribution in [3.63, 3.8) is 0 Å². The average Bonchev–Trinajstić information content (AvgIpc) is 3.17. The summed E-state index contributed by atoms with van der Waals surface area (Å²) in [5.41, 5.74) is -0.333. The second kappa shape index (κ2) is 9.33. The van der Waals surface area contributed by atoms with Crippen LogP contribution in [0, 0.1) is 0 Å². The van der Waals surface area contributed by atoms with Crippen molar-refractivity contribution in [2.45, 2.75) is 64.0 Å². The zero-order chi connectivity index (χ0) is 26.4. The third kappa shape index (κ3) is 5.01. The van der Waals surface area contributed by atoms with Crippen molar-refractivity contribution in [2.24, 2.45) is 0 Å². The molecule has 2 aromatic carbocycles. The number of fused-ring (bicyclic) bond motifs is 3. The summed E-state index contributed by atoms with van der Waals surface area (Å²) < 4.78 is 80.2. The summed E-state index contributed by atoms with van der Waals surface area (Å²) in [6.07, 6.45) is -8.23. The smallest absolute Gasteiger partial charge is 0.416 e. The van der Waals surface area contributed by atoms with Crippen molar-refractivity contribution in [1.29, 1.82) is 0 Å². The number of aryl methyl sites for hydroxylation is 1. The van der Waals surface area contributed by atoms with Crippen LogP contribution in [0.15, 0.2) is 30.3 Å². The highest BCUT2D eigenvalue weighted by atomic mass is 19.4. The molecular weight excluding hydrogens is 490 g/mol. The predicted molar refractivity (Wildman–Crippen MR) is 118 cm³/mol. The summed E-state index contributed by atoms with van der Waals surface area (Å²) in [7, 11) is 0. The van der Waals surface area contributed by atoms with E-state index < -0.39 is 48.1 Å². The first-order valence-corrected chi connectivity index (χ1v) is 11.5. The van der Waals surface area contributed by atoms with Gasteiger partial charge in [-0.05, 0) is 72.6 Å². The Labute approximate surface area is 203 Å². The molecule has 0 unspecified atom stereocenters. The second-order valence-electron chi connectivity index (χ2n) is 9.15. The lowest BCUT2D eigenvalue weighted by Gasteiger charge is -2.33. The minimum absolute atomic E-state index is 0.0522. The van der Waals surface area contributed by atoms with Gasteiger partial charge in [0.25, 0.3) is 0 Å². The van der Waals surface area contributed by atoms with Crippen LogP contribution < -0.4 is 4.90 Å². The molecule has 0 saturated heterocycles. The molecule has 0 fully saturated rings. The van der Waals surface area contributed by atoms with Crippen molar-refractivity contribution >= 4 is 17.7 Å². The largest absolute Gasteiger partial charge is 0.465 e. The summed E-state index contributed by atoms with van der Waals surface area (Å²) in [6.45, 7) is 0.880. The molecule has 36 heavy (non-hydrogen) atoms. The molecule has 0 spiro atoms. The Hall–Kier alpha value is -3.24. The van der Waals surface area contributed by atoms with E-state index in [9.17, 15) is 41.0 Å². The number of halogens is 6. The fourth-order valence-corrected chi connectivity index (χ4v) is 5.23. The zero-order valence-corrected chi connectivity index (χ0v) is 19.3. The summed E-state index contributed by atoms with van der Waals surface area (Å²) in [5.74, 6) is -0.541. The molecule has 0 saturated carbocycles. The van der Waals surface area contributed by atoms with Gasteiger partial charge in [-0.25, -0.2) is 4.79 Å². The first kappa shape index (κ1) is 25.8. The van der Waals surface area contributed by atoms with E-state index in [2.05, 4.69) is 0 Å². The highest BCUT2D eigenvalue weighted by molar-refractivity contribution is 5.90. The van der Waals surface area contributed by atoms with E-state index >= 15 is 0 Å². The van der Waals surface area contributed by atoms with Crippen molar-refractivity contribution in [3.8, 4) is 0 Å². The SMILES string of the molecule is CC(=O)N(Cc1cc(C(F)(F)F)cc(C(F)(F)F)c1)[C@@H]1CCCN(C(=O)O)c2c1ccc1c2CCC1. The Bertz CT molecular complexity index is 1160. The van der Waals surface area contributed by atoms with E-state index in [-0.39, 0.29) is 18.2 Å². The standard InChI is InChI=1S/C25H24F6N2O3/c1-14(34)33(13-15-10-17(24(26,27)28)12-18(11-15)25(29,30)31)21-6-3-9-32(23(35)36)22-19-5-2-4-16(19)7-8-20(21)22/h7-8,10-12,21H,2-6,9,13H2,1H3,(H,35,36)/t21-/m1/s1. The van der Waals surface area contributed by atoms with E-state index in [1.807, 2.05) is 6.07 Å². The average molecular weight is 514 g/mol. The number of rotatable bonds is 3. The lowest BCUT2D eigenvalue weighted by Crippen LogP contribution is -2.34. The summed E-state index contributed by atoms with van der Waals surface area (Å²) in [5, 5.41) is 9.86. The molecule has 2 aliphatic rings. The number of nitrogens with zero attached hydrogens (tertiary/aromatic N) is 2. The van der Waals surface area contributed by atoms with Gasteiger partial charge in [0, 0.05) is 20.0 Å². The van der Waals surface area contributed by atoms with Crippen LogP contribution in [0.4, 0.5) is 36.8 Å². The number of hydrogen-bond donors (Lipinski definition) is 1. The Morgan fingerprint density at radius 2 is 1.64 bits per heavy atom. The molecule has 0 bridgehead atoms. The molecule has 1 aliphatic heterocycles. The van der Waals surface area contributed by atoms with Gasteiger partial charge in [0.2, 0.25) is 5.91 Å². The molecule has 5 nitrogen and oxygen atoms in total. The number of anilines is 1. The fourth-order valence-electron chi connectivity index (χ4n) is 5.23. The number of alkyl halides is 6. The first-order valence-electron chi connectivity index (χ1n) is 11.5. The molecule has 194 valence electrons. The van der Waals surface area contributed by atoms with Crippen molar-refractivity contribution in [2.75, 3.05) is 11.4 Å². The highest BCUT2D eigenvalue weighted by Gasteiger charge is 2.38. The van der Waals surface area contributed by atoms with Gasteiger partial charge in [0.15, 0.2) is 0 Å². The van der Waals surface area contributed by atoms with Gasteiger partial charge in [-0.3, -0.25) is 9.69 Å². The van der Waals surface area contributed by atoms with Crippen LogP contribution in [-0.4, -0.2) is 28.6 Å². The van der Waals surface area contributed by atoms with E-state index in [0.29, 0.717) is 42.6 Å². The van der Waals surface area contributed by atoms with Crippen LogP contribution in [0.25, 0.3) is 0 Å². The predicted octanol–water partition coefficient (Wildman–Crippen LogP) is 6.58. The van der Waals surface area contributed by atoms with Crippen molar-refractivity contribution in [1.82, 2.24) is 4.90 Å². The van der Waals surface area contributed by atoms with Gasteiger partial charge in [0.1, 0.15) is 0 Å². The van der Waals surface area contributed by atoms with Gasteiger partial charge in [-0.2, -0.15) is 26.3 Å². The maximum atomic E-state index is 13.4. The number of carbonyl (C=O) groups is 2. The molecule has 1 heterocycles. The number of carboxylic acid groups (broad SMARTS) is 1. The number of amides is 2. The van der Waals surface area contributed by atoms with Crippen LogP contribution in [-0.2, 0) is 36.5 Å². The molecule has 1 atom stereocenters. The van der Waals surface area contributed by atoms with Crippen LogP contribution in [0.5, 0.6) is 0 Å². The molecule has 2 aromatic rings. The molecule has 11 heteroatoms. The third-order valence-electron chi connectivity index (χ3n) is 6.78. The quantitative estimate of drug-likeness (QED) is 0.471. The Balaban J connectivity index is 1.81. The van der Waals surface area contributed by atoms with Gasteiger partial charge in [-0.1, -0.05) is 12.1 Å². The van der Waals surface area contributed by atoms with Gasteiger partial charge in [-0.15, -0.1) is 0 Å². The molecule has 1 N–H and O–H groups in total. The Morgan fingerprint density at radius 1 is 1.00 bits per heavy atom. The normalized spacial score (nSPS) is 17.9. The zero-order valence-electron chi connectivity index (χ0n) is 19.3.